The molecule has 0 fully saturated rings. The van der Waals surface area contributed by atoms with Gasteiger partial charge in [-0.2, -0.15) is 0 Å². The van der Waals surface area contributed by atoms with Gasteiger partial charge in [-0.15, -0.1) is 11.3 Å². The monoisotopic (exact) mass is 328 g/mol. The highest BCUT2D eigenvalue weighted by Crippen LogP contribution is 2.25. The number of carbonyl (C=O) groups excluding carboxylic acids is 1. The van der Waals surface area contributed by atoms with Gasteiger partial charge in [0.25, 0.3) is 0 Å². The molecular formula is C13H10BrClOS. The fourth-order valence-electron chi connectivity index (χ4n) is 1.61. The molecule has 2 rings (SSSR count). The van der Waals surface area contributed by atoms with Gasteiger partial charge in [-0.25, -0.2) is 0 Å². The molecule has 88 valence electrons. The number of benzene rings is 1. The molecule has 0 aliphatic carbocycles. The first-order valence-electron chi connectivity index (χ1n) is 5.10. The molecule has 0 aliphatic rings. The molecule has 0 aliphatic heterocycles. The number of halogens is 2. The van der Waals surface area contributed by atoms with Crippen LogP contribution in [0.15, 0.2) is 34.1 Å². The lowest BCUT2D eigenvalue weighted by atomic mass is 10.0. The maximum absolute atomic E-state index is 12.1. The first-order chi connectivity index (χ1) is 8.08. The lowest BCUT2D eigenvalue weighted by Gasteiger charge is -2.05. The van der Waals surface area contributed by atoms with Crippen LogP contribution < -0.4 is 0 Å². The minimum atomic E-state index is 0.111. The van der Waals surface area contributed by atoms with Crippen molar-refractivity contribution in [2.75, 3.05) is 0 Å². The van der Waals surface area contributed by atoms with E-state index in [9.17, 15) is 4.79 Å². The summed E-state index contributed by atoms with van der Waals surface area (Å²) in [5.41, 5.74) is 1.57. The zero-order valence-corrected chi connectivity index (χ0v) is 12.3. The number of thiophene rings is 1. The van der Waals surface area contributed by atoms with Crippen LogP contribution in [0.25, 0.3) is 0 Å². The van der Waals surface area contributed by atoms with Crippen LogP contribution in [0, 0.1) is 6.92 Å². The van der Waals surface area contributed by atoms with Gasteiger partial charge in [0, 0.05) is 21.9 Å². The van der Waals surface area contributed by atoms with Gasteiger partial charge in [-0.1, -0.05) is 23.7 Å². The Hall–Kier alpha value is -0.640. The molecule has 0 radical (unpaired) electrons. The Morgan fingerprint density at radius 1 is 1.35 bits per heavy atom. The second-order valence-corrected chi connectivity index (χ2v) is 6.67. The van der Waals surface area contributed by atoms with Crippen molar-refractivity contribution in [3.8, 4) is 0 Å². The first-order valence-corrected chi connectivity index (χ1v) is 7.09. The molecule has 0 saturated carbocycles. The Morgan fingerprint density at radius 3 is 2.76 bits per heavy atom. The van der Waals surface area contributed by atoms with Crippen molar-refractivity contribution in [2.24, 2.45) is 0 Å². The van der Waals surface area contributed by atoms with Gasteiger partial charge in [0.05, 0.1) is 3.79 Å². The predicted octanol–water partition coefficient (Wildman–Crippen LogP) is 4.90. The Labute approximate surface area is 118 Å². The van der Waals surface area contributed by atoms with Crippen molar-refractivity contribution >= 4 is 44.7 Å². The summed E-state index contributed by atoms with van der Waals surface area (Å²) in [6.45, 7) is 1.87. The minimum absolute atomic E-state index is 0.111. The number of hydrogen-bond acceptors (Lipinski definition) is 2. The maximum Gasteiger partial charge on any atom is 0.168 e. The van der Waals surface area contributed by atoms with Crippen LogP contribution in [0.3, 0.4) is 0 Å². The molecule has 0 spiro atoms. The lowest BCUT2D eigenvalue weighted by molar-refractivity contribution is 0.0993. The summed E-state index contributed by atoms with van der Waals surface area (Å²) in [5, 5.41) is 0.642. The molecule has 0 N–H and O–H groups in total. The van der Waals surface area contributed by atoms with Gasteiger partial charge in [0.2, 0.25) is 0 Å². The van der Waals surface area contributed by atoms with Crippen molar-refractivity contribution in [2.45, 2.75) is 13.3 Å². The van der Waals surface area contributed by atoms with E-state index in [-0.39, 0.29) is 5.78 Å². The number of rotatable bonds is 3. The van der Waals surface area contributed by atoms with E-state index in [1.54, 1.807) is 17.4 Å². The molecule has 0 amide bonds. The Kier molecular flexibility index (Phi) is 4.02. The number of hydrogen-bond donors (Lipinski definition) is 0. The molecule has 4 heteroatoms. The summed E-state index contributed by atoms with van der Waals surface area (Å²) in [6, 6.07) is 9.36. The van der Waals surface area contributed by atoms with Crippen LogP contribution in [0.5, 0.6) is 0 Å². The van der Waals surface area contributed by atoms with Crippen molar-refractivity contribution in [3.63, 3.8) is 0 Å². The van der Waals surface area contributed by atoms with E-state index in [0.717, 1.165) is 14.2 Å². The normalized spacial score (nSPS) is 10.5. The predicted molar refractivity (Wildman–Crippen MR) is 76.2 cm³/mol. The average Bonchev–Trinajstić information content (AvgIpc) is 2.68. The summed E-state index contributed by atoms with van der Waals surface area (Å²) in [6.07, 6.45) is 0.428. The highest BCUT2D eigenvalue weighted by molar-refractivity contribution is 9.11. The van der Waals surface area contributed by atoms with E-state index in [0.29, 0.717) is 17.0 Å². The molecule has 1 aromatic heterocycles. The minimum Gasteiger partial charge on any atom is -0.294 e. The molecule has 1 nitrogen and oxygen atoms in total. The van der Waals surface area contributed by atoms with Crippen molar-refractivity contribution in [3.05, 3.63) is 55.1 Å². The van der Waals surface area contributed by atoms with Crippen LogP contribution in [0.1, 0.15) is 20.8 Å². The molecule has 0 bridgehead atoms. The average molecular weight is 330 g/mol. The quantitative estimate of drug-likeness (QED) is 0.732. The highest BCUT2D eigenvalue weighted by atomic mass is 79.9. The summed E-state index contributed by atoms with van der Waals surface area (Å²) >= 11 is 11.0. The third-order valence-electron chi connectivity index (χ3n) is 2.53. The van der Waals surface area contributed by atoms with E-state index in [1.807, 2.05) is 31.2 Å². The van der Waals surface area contributed by atoms with E-state index < -0.39 is 0 Å². The smallest absolute Gasteiger partial charge is 0.168 e. The molecule has 0 atom stereocenters. The van der Waals surface area contributed by atoms with Crippen LogP contribution in [-0.4, -0.2) is 5.78 Å². The number of Topliss-reactive ketones (excluding diaryl/α,β-unsaturated/α-hetero) is 1. The summed E-state index contributed by atoms with van der Waals surface area (Å²) in [5.74, 6) is 0.111. The van der Waals surface area contributed by atoms with Gasteiger partial charge in [-0.05, 0) is 46.6 Å². The third-order valence-corrected chi connectivity index (χ3v) is 4.56. The zero-order chi connectivity index (χ0) is 12.4. The molecular weight excluding hydrogens is 320 g/mol. The molecule has 0 saturated heterocycles. The standard InChI is InChI=1S/C13H10BrClOS/c1-8-10(3-2-4-11(8)15)12(16)7-9-5-6-13(14)17-9/h2-6H,7H2,1H3. The van der Waals surface area contributed by atoms with Crippen molar-refractivity contribution < 1.29 is 4.79 Å². The summed E-state index contributed by atoms with van der Waals surface area (Å²) in [7, 11) is 0. The van der Waals surface area contributed by atoms with Crippen LogP contribution in [0.2, 0.25) is 5.02 Å². The maximum atomic E-state index is 12.1. The molecule has 17 heavy (non-hydrogen) atoms. The Bertz CT molecular complexity index is 562. The van der Waals surface area contributed by atoms with Crippen LogP contribution >= 0.6 is 38.9 Å². The number of carbonyl (C=O) groups is 1. The fraction of sp³-hybridized carbons (Fsp3) is 0.154. The van der Waals surface area contributed by atoms with E-state index in [4.69, 9.17) is 11.6 Å². The lowest BCUT2D eigenvalue weighted by Crippen LogP contribution is -2.04. The molecule has 1 aromatic carbocycles. The molecule has 2 aromatic rings. The van der Waals surface area contributed by atoms with Gasteiger partial charge >= 0.3 is 0 Å². The fourth-order valence-corrected chi connectivity index (χ4v) is 3.27. The van der Waals surface area contributed by atoms with Crippen LogP contribution in [-0.2, 0) is 6.42 Å². The Balaban J connectivity index is 2.23. The van der Waals surface area contributed by atoms with Gasteiger partial charge in [-0.3, -0.25) is 4.79 Å². The van der Waals surface area contributed by atoms with E-state index in [2.05, 4.69) is 15.9 Å². The van der Waals surface area contributed by atoms with Crippen LogP contribution in [0.4, 0.5) is 0 Å². The number of ketones is 1. The Morgan fingerprint density at radius 2 is 2.12 bits per heavy atom. The SMILES string of the molecule is Cc1c(Cl)cccc1C(=O)Cc1ccc(Br)s1. The molecule has 1 heterocycles. The second-order valence-electron chi connectivity index (χ2n) is 3.72. The van der Waals surface area contributed by atoms with Crippen molar-refractivity contribution in [1.29, 1.82) is 0 Å². The second kappa shape index (κ2) is 5.34. The van der Waals surface area contributed by atoms with Gasteiger partial charge in [0.15, 0.2) is 5.78 Å². The largest absolute Gasteiger partial charge is 0.294 e. The van der Waals surface area contributed by atoms with E-state index >= 15 is 0 Å². The van der Waals surface area contributed by atoms with Gasteiger partial charge < -0.3 is 0 Å². The molecule has 0 unspecified atom stereocenters. The third kappa shape index (κ3) is 2.97. The summed E-state index contributed by atoms with van der Waals surface area (Å²) in [4.78, 5) is 13.2. The van der Waals surface area contributed by atoms with E-state index in [1.165, 1.54) is 0 Å². The topological polar surface area (TPSA) is 17.1 Å². The summed E-state index contributed by atoms with van der Waals surface area (Å²) < 4.78 is 1.04. The van der Waals surface area contributed by atoms with Gasteiger partial charge in [0.1, 0.15) is 0 Å². The highest BCUT2D eigenvalue weighted by Gasteiger charge is 2.12. The zero-order valence-electron chi connectivity index (χ0n) is 9.17. The first kappa shape index (κ1) is 12.8. The van der Waals surface area contributed by atoms with Crippen molar-refractivity contribution in [1.82, 2.24) is 0 Å².